The van der Waals surface area contributed by atoms with Crippen molar-refractivity contribution in [1.82, 2.24) is 9.97 Å². The van der Waals surface area contributed by atoms with E-state index in [1.807, 2.05) is 0 Å². The molecule has 2 rings (SSSR count). The van der Waals surface area contributed by atoms with Gasteiger partial charge in [-0.25, -0.2) is 9.97 Å². The zero-order chi connectivity index (χ0) is 14.0. The van der Waals surface area contributed by atoms with E-state index in [0.717, 1.165) is 18.4 Å². The van der Waals surface area contributed by atoms with Gasteiger partial charge in [0.2, 0.25) is 0 Å². The Labute approximate surface area is 109 Å². The fourth-order valence-corrected chi connectivity index (χ4v) is 1.80. The summed E-state index contributed by atoms with van der Waals surface area (Å²) in [6.45, 7) is 1.62. The fourth-order valence-electron chi connectivity index (χ4n) is 1.80. The van der Waals surface area contributed by atoms with Gasteiger partial charge in [0.15, 0.2) is 0 Å². The lowest BCUT2D eigenvalue weighted by molar-refractivity contribution is -0.131. The summed E-state index contributed by atoms with van der Waals surface area (Å²) in [4.78, 5) is 8.72. The normalized spacial score (nSPS) is 15.4. The first-order chi connectivity index (χ1) is 8.90. The maximum absolute atomic E-state index is 12.1. The van der Waals surface area contributed by atoms with Crippen LogP contribution in [0.4, 0.5) is 24.8 Å². The Morgan fingerprint density at radius 3 is 2.37 bits per heavy atom. The first-order valence-electron chi connectivity index (χ1n) is 6.27. The lowest BCUT2D eigenvalue weighted by atomic mass is 10.2. The van der Waals surface area contributed by atoms with Gasteiger partial charge in [-0.2, -0.15) is 13.2 Å². The zero-order valence-electron chi connectivity index (χ0n) is 10.9. The van der Waals surface area contributed by atoms with Crippen LogP contribution in [0.3, 0.4) is 0 Å². The van der Waals surface area contributed by atoms with Crippen LogP contribution in [-0.2, 0) is 0 Å². The number of anilines is 2. The Balaban J connectivity index is 2.11. The van der Waals surface area contributed by atoms with Gasteiger partial charge in [0.1, 0.15) is 17.5 Å². The van der Waals surface area contributed by atoms with Crippen molar-refractivity contribution in [2.45, 2.75) is 38.3 Å². The molecule has 0 amide bonds. The summed E-state index contributed by atoms with van der Waals surface area (Å²) in [5.41, 5.74) is 0.745. The Morgan fingerprint density at radius 2 is 1.84 bits per heavy atom. The molecule has 106 valence electrons. The van der Waals surface area contributed by atoms with E-state index in [1.165, 1.54) is 0 Å². The Morgan fingerprint density at radius 1 is 1.21 bits per heavy atom. The second-order valence-electron chi connectivity index (χ2n) is 4.72. The number of hydrogen-bond donors (Lipinski definition) is 2. The van der Waals surface area contributed by atoms with Gasteiger partial charge in [-0.15, -0.1) is 0 Å². The molecular weight excluding hydrogens is 257 g/mol. The molecule has 0 unspecified atom stereocenters. The van der Waals surface area contributed by atoms with Crippen LogP contribution < -0.4 is 10.6 Å². The number of nitrogens with zero attached hydrogens (tertiary/aromatic N) is 2. The standard InChI is InChI=1S/C12H17F3N4/c1-7-9(16-2)18-11(8-3-4-8)19-10(7)17-6-5-12(13,14)15/h8H,3-6H2,1-2H3,(H2,16,17,18,19). The Hall–Kier alpha value is -1.53. The maximum Gasteiger partial charge on any atom is 0.390 e. The van der Waals surface area contributed by atoms with Crippen molar-refractivity contribution in [3.8, 4) is 0 Å². The highest BCUT2D eigenvalue weighted by Gasteiger charge is 2.29. The molecule has 0 radical (unpaired) electrons. The second kappa shape index (κ2) is 5.22. The molecule has 1 aliphatic carbocycles. The molecule has 0 saturated heterocycles. The molecule has 1 aromatic heterocycles. The van der Waals surface area contributed by atoms with Crippen LogP contribution in [0.25, 0.3) is 0 Å². The largest absolute Gasteiger partial charge is 0.390 e. The quantitative estimate of drug-likeness (QED) is 0.866. The summed E-state index contributed by atoms with van der Waals surface area (Å²) in [7, 11) is 1.74. The van der Waals surface area contributed by atoms with Gasteiger partial charge >= 0.3 is 6.18 Å². The van der Waals surface area contributed by atoms with E-state index in [9.17, 15) is 13.2 Å². The van der Waals surface area contributed by atoms with E-state index in [0.29, 0.717) is 23.4 Å². The minimum absolute atomic E-state index is 0.172. The molecule has 19 heavy (non-hydrogen) atoms. The van der Waals surface area contributed by atoms with Gasteiger partial charge < -0.3 is 10.6 Å². The summed E-state index contributed by atoms with van der Waals surface area (Å²) >= 11 is 0. The summed E-state index contributed by atoms with van der Waals surface area (Å²) in [6, 6.07) is 0. The van der Waals surface area contributed by atoms with Gasteiger partial charge in [0.05, 0.1) is 6.42 Å². The molecule has 0 atom stereocenters. The van der Waals surface area contributed by atoms with Gasteiger partial charge in [0, 0.05) is 25.1 Å². The molecule has 0 aliphatic heterocycles. The molecule has 1 saturated carbocycles. The van der Waals surface area contributed by atoms with E-state index in [4.69, 9.17) is 0 Å². The number of nitrogens with one attached hydrogen (secondary N) is 2. The highest BCUT2D eigenvalue weighted by atomic mass is 19.4. The lowest BCUT2D eigenvalue weighted by Gasteiger charge is -2.14. The summed E-state index contributed by atoms with van der Waals surface area (Å²) in [6.07, 6.45) is -2.93. The fraction of sp³-hybridized carbons (Fsp3) is 0.667. The molecule has 1 aliphatic rings. The maximum atomic E-state index is 12.1. The van der Waals surface area contributed by atoms with Gasteiger partial charge in [-0.05, 0) is 19.8 Å². The average Bonchev–Trinajstić information content (AvgIpc) is 3.13. The number of hydrogen-bond acceptors (Lipinski definition) is 4. The second-order valence-corrected chi connectivity index (χ2v) is 4.72. The van der Waals surface area contributed by atoms with Crippen LogP contribution in [0.5, 0.6) is 0 Å². The third kappa shape index (κ3) is 3.71. The lowest BCUT2D eigenvalue weighted by Crippen LogP contribution is -2.16. The smallest absolute Gasteiger partial charge is 0.373 e. The number of rotatable bonds is 5. The van der Waals surface area contributed by atoms with Gasteiger partial charge in [0.25, 0.3) is 0 Å². The van der Waals surface area contributed by atoms with Crippen LogP contribution in [-0.4, -0.2) is 29.7 Å². The van der Waals surface area contributed by atoms with Crippen molar-refractivity contribution < 1.29 is 13.2 Å². The third-order valence-corrected chi connectivity index (χ3v) is 3.04. The van der Waals surface area contributed by atoms with Crippen molar-refractivity contribution in [3.63, 3.8) is 0 Å². The topological polar surface area (TPSA) is 49.8 Å². The van der Waals surface area contributed by atoms with E-state index in [1.54, 1.807) is 14.0 Å². The number of alkyl halides is 3. The van der Waals surface area contributed by atoms with E-state index >= 15 is 0 Å². The predicted octanol–water partition coefficient (Wildman–Crippen LogP) is 3.07. The molecule has 0 spiro atoms. The molecule has 7 heteroatoms. The highest BCUT2D eigenvalue weighted by molar-refractivity contribution is 5.57. The molecule has 2 N–H and O–H groups in total. The van der Waals surface area contributed by atoms with Crippen LogP contribution in [0.15, 0.2) is 0 Å². The van der Waals surface area contributed by atoms with Gasteiger partial charge in [-0.3, -0.25) is 0 Å². The van der Waals surface area contributed by atoms with Crippen molar-refractivity contribution in [1.29, 1.82) is 0 Å². The number of halogens is 3. The van der Waals surface area contributed by atoms with Crippen molar-refractivity contribution >= 4 is 11.6 Å². The van der Waals surface area contributed by atoms with E-state index in [2.05, 4.69) is 20.6 Å². The molecular formula is C12H17F3N4. The van der Waals surface area contributed by atoms with Crippen molar-refractivity contribution in [2.24, 2.45) is 0 Å². The number of aromatic nitrogens is 2. The summed E-state index contributed by atoms with van der Waals surface area (Å²) in [5.74, 6) is 2.23. The third-order valence-electron chi connectivity index (χ3n) is 3.04. The first kappa shape index (κ1) is 13.9. The van der Waals surface area contributed by atoms with Gasteiger partial charge in [-0.1, -0.05) is 0 Å². The van der Waals surface area contributed by atoms with Crippen LogP contribution in [0, 0.1) is 6.92 Å². The molecule has 0 aromatic carbocycles. The monoisotopic (exact) mass is 274 g/mol. The van der Waals surface area contributed by atoms with E-state index in [-0.39, 0.29) is 6.54 Å². The minimum Gasteiger partial charge on any atom is -0.373 e. The summed E-state index contributed by atoms with van der Waals surface area (Å²) in [5, 5.41) is 5.71. The van der Waals surface area contributed by atoms with Crippen molar-refractivity contribution in [3.05, 3.63) is 11.4 Å². The molecule has 1 aromatic rings. The van der Waals surface area contributed by atoms with E-state index < -0.39 is 12.6 Å². The minimum atomic E-state index is -4.15. The predicted molar refractivity (Wildman–Crippen MR) is 67.5 cm³/mol. The zero-order valence-corrected chi connectivity index (χ0v) is 10.9. The SMILES string of the molecule is CNc1nc(C2CC2)nc(NCCC(F)(F)F)c1C. The van der Waals surface area contributed by atoms with Crippen molar-refractivity contribution in [2.75, 3.05) is 24.2 Å². The first-order valence-corrected chi connectivity index (χ1v) is 6.27. The average molecular weight is 274 g/mol. The molecule has 1 heterocycles. The Bertz CT molecular complexity index is 455. The van der Waals surface area contributed by atoms with Crippen LogP contribution in [0.1, 0.15) is 36.6 Å². The Kier molecular flexibility index (Phi) is 3.82. The highest BCUT2D eigenvalue weighted by Crippen LogP contribution is 2.39. The van der Waals surface area contributed by atoms with Crippen LogP contribution >= 0.6 is 0 Å². The molecule has 1 fully saturated rings. The summed E-state index contributed by atoms with van der Waals surface area (Å²) < 4.78 is 36.4. The van der Waals surface area contributed by atoms with Crippen LogP contribution in [0.2, 0.25) is 0 Å². The molecule has 4 nitrogen and oxygen atoms in total. The molecule has 0 bridgehead atoms.